The van der Waals surface area contributed by atoms with Crippen molar-refractivity contribution in [3.63, 3.8) is 0 Å². The number of hydrogen-bond donors (Lipinski definition) is 2. The van der Waals surface area contributed by atoms with Crippen LogP contribution in [0.4, 0.5) is 5.69 Å². The maximum Gasteiger partial charge on any atom is 0.263 e. The van der Waals surface area contributed by atoms with E-state index in [1.165, 1.54) is 12.1 Å². The molecule has 0 atom stereocenters. The topological polar surface area (TPSA) is 78.5 Å². The van der Waals surface area contributed by atoms with Gasteiger partial charge in [-0.25, -0.2) is 8.42 Å². The lowest BCUT2D eigenvalue weighted by Gasteiger charge is -2.29. The maximum atomic E-state index is 13.0. The lowest BCUT2D eigenvalue weighted by molar-refractivity contribution is 0.0916. The fourth-order valence-electron chi connectivity index (χ4n) is 3.33. The summed E-state index contributed by atoms with van der Waals surface area (Å²) in [6.45, 7) is 5.60. The Morgan fingerprint density at radius 3 is 2.52 bits per heavy atom. The minimum absolute atomic E-state index is 0.0682. The number of sulfonamides is 1. The largest absolute Gasteiger partial charge is 0.349 e. The number of nitrogens with one attached hydrogen (secondary N) is 2. The summed E-state index contributed by atoms with van der Waals surface area (Å²) >= 11 is 6.17. The van der Waals surface area contributed by atoms with Crippen molar-refractivity contribution < 1.29 is 13.2 Å². The molecule has 2 aromatic rings. The van der Waals surface area contributed by atoms with Gasteiger partial charge in [-0.05, 0) is 82.2 Å². The predicted molar refractivity (Wildman–Crippen MR) is 116 cm³/mol. The summed E-state index contributed by atoms with van der Waals surface area (Å²) < 4.78 is 28.5. The Morgan fingerprint density at radius 2 is 1.83 bits per heavy atom. The van der Waals surface area contributed by atoms with Crippen LogP contribution < -0.4 is 10.0 Å². The predicted octanol–water partition coefficient (Wildman–Crippen LogP) is 3.58. The first kappa shape index (κ1) is 21.6. The highest BCUT2D eigenvalue weighted by Crippen LogP contribution is 2.27. The first-order valence-corrected chi connectivity index (χ1v) is 11.4. The van der Waals surface area contributed by atoms with Crippen LogP contribution in [0.2, 0.25) is 5.02 Å². The molecule has 1 aliphatic rings. The van der Waals surface area contributed by atoms with Gasteiger partial charge >= 0.3 is 0 Å². The van der Waals surface area contributed by atoms with Gasteiger partial charge in [-0.3, -0.25) is 9.52 Å². The fraction of sp³-hybridized carbons (Fsp3) is 0.381. The van der Waals surface area contributed by atoms with E-state index in [9.17, 15) is 13.2 Å². The molecule has 0 saturated carbocycles. The van der Waals surface area contributed by atoms with Crippen LogP contribution in [-0.4, -0.2) is 45.4 Å². The molecule has 2 N–H and O–H groups in total. The third-order valence-corrected chi connectivity index (χ3v) is 7.23. The van der Waals surface area contributed by atoms with Crippen LogP contribution in [0.5, 0.6) is 0 Å². The Hall–Kier alpha value is -2.09. The first-order chi connectivity index (χ1) is 13.7. The summed E-state index contributed by atoms with van der Waals surface area (Å²) in [5, 5.41) is 3.06. The molecule has 0 bridgehead atoms. The molecule has 29 heavy (non-hydrogen) atoms. The number of hydrogen-bond acceptors (Lipinski definition) is 4. The van der Waals surface area contributed by atoms with E-state index < -0.39 is 10.0 Å². The van der Waals surface area contributed by atoms with Gasteiger partial charge in [-0.1, -0.05) is 23.7 Å². The zero-order chi connectivity index (χ0) is 21.2. The van der Waals surface area contributed by atoms with E-state index in [0.29, 0.717) is 5.69 Å². The standard InChI is InChI=1S/C21H26ClN3O3S/c1-14-5-4-6-19(15(14)2)24-29(27,28)20-13-16(7-8-18(20)22)21(26)23-17-9-11-25(3)12-10-17/h4-8,13,17,24H,9-12H2,1-3H3,(H,23,26). The number of piperidine rings is 1. The number of benzene rings is 2. The molecule has 1 amide bonds. The lowest BCUT2D eigenvalue weighted by Crippen LogP contribution is -2.43. The van der Waals surface area contributed by atoms with Gasteiger partial charge < -0.3 is 10.2 Å². The zero-order valence-corrected chi connectivity index (χ0v) is 18.4. The highest BCUT2D eigenvalue weighted by atomic mass is 35.5. The Balaban J connectivity index is 1.82. The monoisotopic (exact) mass is 435 g/mol. The highest BCUT2D eigenvalue weighted by molar-refractivity contribution is 7.92. The van der Waals surface area contributed by atoms with Crippen LogP contribution in [0, 0.1) is 13.8 Å². The summed E-state index contributed by atoms with van der Waals surface area (Å²) in [6, 6.07) is 9.81. The van der Waals surface area contributed by atoms with Gasteiger partial charge in [0.05, 0.1) is 10.7 Å². The summed E-state index contributed by atoms with van der Waals surface area (Å²) in [4.78, 5) is 14.8. The number of carbonyl (C=O) groups excluding carboxylic acids is 1. The quantitative estimate of drug-likeness (QED) is 0.752. The molecule has 156 valence electrons. The number of halogens is 1. The number of carbonyl (C=O) groups is 1. The SMILES string of the molecule is Cc1cccc(NS(=O)(=O)c2cc(C(=O)NC3CCN(C)CC3)ccc2Cl)c1C. The molecule has 8 heteroatoms. The van der Waals surface area contributed by atoms with E-state index >= 15 is 0 Å². The smallest absolute Gasteiger partial charge is 0.263 e. The normalized spacial score (nSPS) is 15.9. The average molecular weight is 436 g/mol. The molecule has 2 aromatic carbocycles. The fourth-order valence-corrected chi connectivity index (χ4v) is 4.98. The van der Waals surface area contributed by atoms with Crippen molar-refractivity contribution in [2.75, 3.05) is 24.9 Å². The van der Waals surface area contributed by atoms with E-state index in [4.69, 9.17) is 11.6 Å². The summed E-state index contributed by atoms with van der Waals surface area (Å²) in [5.41, 5.74) is 2.57. The molecule has 0 aromatic heterocycles. The van der Waals surface area contributed by atoms with E-state index in [1.807, 2.05) is 19.9 Å². The highest BCUT2D eigenvalue weighted by Gasteiger charge is 2.23. The van der Waals surface area contributed by atoms with Gasteiger partial charge in [0, 0.05) is 11.6 Å². The zero-order valence-electron chi connectivity index (χ0n) is 16.8. The van der Waals surface area contributed by atoms with Crippen molar-refractivity contribution in [3.05, 3.63) is 58.1 Å². The third-order valence-electron chi connectivity index (χ3n) is 5.39. The van der Waals surface area contributed by atoms with Crippen LogP contribution in [0.1, 0.15) is 34.3 Å². The van der Waals surface area contributed by atoms with Gasteiger partial charge in [-0.2, -0.15) is 0 Å². The molecule has 1 aliphatic heterocycles. The van der Waals surface area contributed by atoms with Gasteiger partial charge in [0.15, 0.2) is 0 Å². The van der Waals surface area contributed by atoms with E-state index in [0.717, 1.165) is 37.1 Å². The van der Waals surface area contributed by atoms with Crippen LogP contribution in [0.25, 0.3) is 0 Å². The van der Waals surface area contributed by atoms with Crippen molar-refractivity contribution in [2.24, 2.45) is 0 Å². The number of nitrogens with zero attached hydrogens (tertiary/aromatic N) is 1. The second kappa shape index (κ2) is 8.73. The third kappa shape index (κ3) is 5.10. The minimum Gasteiger partial charge on any atom is -0.349 e. The molecule has 1 saturated heterocycles. The minimum atomic E-state index is -3.95. The molecular formula is C21H26ClN3O3S. The number of anilines is 1. The number of rotatable bonds is 5. The Morgan fingerprint density at radius 1 is 1.14 bits per heavy atom. The van der Waals surface area contributed by atoms with E-state index in [-0.39, 0.29) is 27.4 Å². The van der Waals surface area contributed by atoms with Crippen molar-refractivity contribution in [1.82, 2.24) is 10.2 Å². The Bertz CT molecular complexity index is 1020. The second-order valence-corrected chi connectivity index (χ2v) is 9.61. The van der Waals surface area contributed by atoms with Crippen LogP contribution in [-0.2, 0) is 10.0 Å². The first-order valence-electron chi connectivity index (χ1n) is 9.55. The van der Waals surface area contributed by atoms with E-state index in [1.54, 1.807) is 18.2 Å². The van der Waals surface area contributed by atoms with Crippen molar-refractivity contribution >= 4 is 33.2 Å². The van der Waals surface area contributed by atoms with Crippen LogP contribution >= 0.6 is 11.6 Å². The van der Waals surface area contributed by atoms with Crippen LogP contribution in [0.3, 0.4) is 0 Å². The van der Waals surface area contributed by atoms with Gasteiger partial charge in [0.25, 0.3) is 15.9 Å². The van der Waals surface area contributed by atoms with E-state index in [2.05, 4.69) is 22.0 Å². The van der Waals surface area contributed by atoms with Gasteiger partial charge in [0.1, 0.15) is 4.90 Å². The molecule has 3 rings (SSSR count). The maximum absolute atomic E-state index is 13.0. The average Bonchev–Trinajstić information content (AvgIpc) is 2.67. The summed E-state index contributed by atoms with van der Waals surface area (Å²) in [6.07, 6.45) is 1.74. The van der Waals surface area contributed by atoms with Crippen LogP contribution in [0.15, 0.2) is 41.3 Å². The molecule has 6 nitrogen and oxygen atoms in total. The number of likely N-dealkylation sites (tertiary alicyclic amines) is 1. The molecule has 0 unspecified atom stereocenters. The summed E-state index contributed by atoms with van der Waals surface area (Å²) in [7, 11) is -1.90. The Labute approximate surface area is 177 Å². The molecular weight excluding hydrogens is 410 g/mol. The lowest BCUT2D eigenvalue weighted by atomic mass is 10.0. The molecule has 1 heterocycles. The number of amides is 1. The molecule has 0 spiro atoms. The molecule has 1 fully saturated rings. The molecule has 0 aliphatic carbocycles. The molecule has 0 radical (unpaired) electrons. The van der Waals surface area contributed by atoms with Crippen molar-refractivity contribution in [3.8, 4) is 0 Å². The van der Waals surface area contributed by atoms with Crippen molar-refractivity contribution in [1.29, 1.82) is 0 Å². The summed E-state index contributed by atoms with van der Waals surface area (Å²) in [5.74, 6) is -0.292. The van der Waals surface area contributed by atoms with Gasteiger partial charge in [0.2, 0.25) is 0 Å². The number of aryl methyl sites for hydroxylation is 1. The van der Waals surface area contributed by atoms with Crippen molar-refractivity contribution in [2.45, 2.75) is 37.6 Å². The van der Waals surface area contributed by atoms with Gasteiger partial charge in [-0.15, -0.1) is 0 Å². The Kier molecular flexibility index (Phi) is 6.51. The second-order valence-electron chi connectivity index (χ2n) is 7.55.